The third kappa shape index (κ3) is 3.75. The fraction of sp³-hybridized carbons (Fsp3) is 0.556. The first-order valence-corrected chi connectivity index (χ1v) is 8.52. The third-order valence-electron chi connectivity index (χ3n) is 4.86. The van der Waals surface area contributed by atoms with Crippen molar-refractivity contribution in [1.82, 2.24) is 4.90 Å². The van der Waals surface area contributed by atoms with Gasteiger partial charge in [0.15, 0.2) is 0 Å². The molecule has 1 aromatic rings. The van der Waals surface area contributed by atoms with E-state index in [1.807, 2.05) is 0 Å². The summed E-state index contributed by atoms with van der Waals surface area (Å²) in [5.41, 5.74) is -0.233. The molecule has 0 atom stereocenters. The Morgan fingerprint density at radius 1 is 1.08 bits per heavy atom. The monoisotopic (exact) mass is 335 g/mol. The number of carboxylic acid groups (broad SMARTS) is 1. The number of likely N-dealkylation sites (tertiary alicyclic amines) is 1. The Kier molecular flexibility index (Phi) is 5.14. The maximum absolute atomic E-state index is 14.0. The van der Waals surface area contributed by atoms with Gasteiger partial charge in [-0.25, -0.2) is 9.18 Å². The number of aromatic carboxylic acids is 1. The minimum absolute atomic E-state index is 0.0739. The number of piperidine rings is 1. The second kappa shape index (κ2) is 7.30. The van der Waals surface area contributed by atoms with Crippen molar-refractivity contribution >= 4 is 11.9 Å². The number of hydrogen-bond acceptors (Lipinski definition) is 3. The molecule has 24 heavy (non-hydrogen) atoms. The number of carbonyl (C=O) groups is 2. The van der Waals surface area contributed by atoms with Gasteiger partial charge in [0.25, 0.3) is 5.91 Å². The maximum Gasteiger partial charge on any atom is 0.335 e. The van der Waals surface area contributed by atoms with E-state index in [4.69, 9.17) is 9.84 Å². The fourth-order valence-electron chi connectivity index (χ4n) is 3.48. The van der Waals surface area contributed by atoms with Crippen LogP contribution in [0.4, 0.5) is 4.39 Å². The van der Waals surface area contributed by atoms with Crippen LogP contribution in [0, 0.1) is 5.82 Å². The van der Waals surface area contributed by atoms with E-state index in [2.05, 4.69) is 0 Å². The predicted octanol–water partition coefficient (Wildman–Crippen LogP) is 3.09. The van der Waals surface area contributed by atoms with Crippen LogP contribution in [0.3, 0.4) is 0 Å². The normalized spacial score (nSPS) is 19.6. The molecule has 1 aliphatic carbocycles. The van der Waals surface area contributed by atoms with Crippen LogP contribution in [-0.4, -0.2) is 47.2 Å². The summed E-state index contributed by atoms with van der Waals surface area (Å²) in [6, 6.07) is 3.41. The molecule has 3 rings (SSSR count). The molecule has 130 valence electrons. The number of hydrogen-bond donors (Lipinski definition) is 1. The number of benzene rings is 1. The Balaban J connectivity index is 1.57. The van der Waals surface area contributed by atoms with Gasteiger partial charge in [0.1, 0.15) is 5.82 Å². The average molecular weight is 335 g/mol. The summed E-state index contributed by atoms with van der Waals surface area (Å²) >= 11 is 0. The Hall–Kier alpha value is -1.95. The zero-order chi connectivity index (χ0) is 17.1. The van der Waals surface area contributed by atoms with Gasteiger partial charge in [0.2, 0.25) is 0 Å². The van der Waals surface area contributed by atoms with Gasteiger partial charge in [-0.15, -0.1) is 0 Å². The van der Waals surface area contributed by atoms with Crippen LogP contribution in [0.5, 0.6) is 0 Å². The number of amides is 1. The van der Waals surface area contributed by atoms with E-state index in [9.17, 15) is 14.0 Å². The zero-order valence-electron chi connectivity index (χ0n) is 13.5. The van der Waals surface area contributed by atoms with Crippen molar-refractivity contribution in [3.63, 3.8) is 0 Å². The molecular formula is C18H22FNO4. The second-order valence-corrected chi connectivity index (χ2v) is 6.53. The summed E-state index contributed by atoms with van der Waals surface area (Å²) in [7, 11) is 0. The summed E-state index contributed by atoms with van der Waals surface area (Å²) in [5, 5.41) is 8.86. The largest absolute Gasteiger partial charge is 0.478 e. The molecule has 1 aliphatic heterocycles. The second-order valence-electron chi connectivity index (χ2n) is 6.53. The van der Waals surface area contributed by atoms with Gasteiger partial charge in [-0.05, 0) is 43.9 Å². The first kappa shape index (κ1) is 16.9. The van der Waals surface area contributed by atoms with Gasteiger partial charge in [-0.1, -0.05) is 12.8 Å². The van der Waals surface area contributed by atoms with E-state index >= 15 is 0 Å². The van der Waals surface area contributed by atoms with Gasteiger partial charge < -0.3 is 14.7 Å². The van der Waals surface area contributed by atoms with E-state index in [-0.39, 0.29) is 23.1 Å². The number of nitrogens with zero attached hydrogens (tertiary/aromatic N) is 1. The quantitative estimate of drug-likeness (QED) is 0.918. The van der Waals surface area contributed by atoms with Gasteiger partial charge in [0, 0.05) is 13.1 Å². The Morgan fingerprint density at radius 3 is 2.29 bits per heavy atom. The molecule has 0 bridgehead atoms. The van der Waals surface area contributed by atoms with E-state index < -0.39 is 11.8 Å². The highest BCUT2D eigenvalue weighted by Gasteiger charge is 2.28. The molecule has 1 saturated heterocycles. The van der Waals surface area contributed by atoms with Crippen LogP contribution in [0.1, 0.15) is 59.2 Å². The fourth-order valence-corrected chi connectivity index (χ4v) is 3.48. The highest BCUT2D eigenvalue weighted by molar-refractivity contribution is 5.96. The molecule has 0 unspecified atom stereocenters. The van der Waals surface area contributed by atoms with Crippen molar-refractivity contribution < 1.29 is 23.8 Å². The summed E-state index contributed by atoms with van der Waals surface area (Å²) in [6.07, 6.45) is 6.77. The summed E-state index contributed by atoms with van der Waals surface area (Å²) < 4.78 is 20.1. The van der Waals surface area contributed by atoms with Crippen LogP contribution >= 0.6 is 0 Å². The van der Waals surface area contributed by atoms with E-state index in [0.29, 0.717) is 19.2 Å². The molecule has 0 aromatic heterocycles. The number of ether oxygens (including phenoxy) is 1. The minimum Gasteiger partial charge on any atom is -0.478 e. The molecule has 0 radical (unpaired) electrons. The van der Waals surface area contributed by atoms with E-state index in [0.717, 1.165) is 31.7 Å². The van der Waals surface area contributed by atoms with E-state index in [1.54, 1.807) is 4.90 Å². The molecule has 1 aromatic carbocycles. The van der Waals surface area contributed by atoms with Crippen LogP contribution in [0.25, 0.3) is 0 Å². The number of carboxylic acids is 1. The predicted molar refractivity (Wildman–Crippen MR) is 85.6 cm³/mol. The third-order valence-corrected chi connectivity index (χ3v) is 4.86. The van der Waals surface area contributed by atoms with Crippen LogP contribution in [-0.2, 0) is 4.74 Å². The maximum atomic E-state index is 14.0. The van der Waals surface area contributed by atoms with E-state index in [1.165, 1.54) is 25.0 Å². The lowest BCUT2D eigenvalue weighted by molar-refractivity contribution is -0.0358. The highest BCUT2D eigenvalue weighted by Crippen LogP contribution is 2.26. The lowest BCUT2D eigenvalue weighted by atomic mass is 10.0. The smallest absolute Gasteiger partial charge is 0.335 e. The van der Waals surface area contributed by atoms with Crippen LogP contribution < -0.4 is 0 Å². The first-order chi connectivity index (χ1) is 11.5. The van der Waals surface area contributed by atoms with Gasteiger partial charge in [-0.2, -0.15) is 0 Å². The summed E-state index contributed by atoms with van der Waals surface area (Å²) in [5.74, 6) is -2.38. The van der Waals surface area contributed by atoms with Crippen molar-refractivity contribution in [3.05, 3.63) is 35.1 Å². The van der Waals surface area contributed by atoms with Gasteiger partial charge >= 0.3 is 5.97 Å². The molecule has 1 amide bonds. The molecular weight excluding hydrogens is 313 g/mol. The van der Waals surface area contributed by atoms with Crippen molar-refractivity contribution in [2.75, 3.05) is 13.1 Å². The number of carbonyl (C=O) groups excluding carboxylic acids is 1. The Labute approximate surface area is 140 Å². The topological polar surface area (TPSA) is 66.8 Å². The van der Waals surface area contributed by atoms with Crippen molar-refractivity contribution in [2.24, 2.45) is 0 Å². The van der Waals surface area contributed by atoms with Crippen molar-refractivity contribution in [2.45, 2.75) is 50.7 Å². The first-order valence-electron chi connectivity index (χ1n) is 8.52. The lowest BCUT2D eigenvalue weighted by Gasteiger charge is -2.33. The molecule has 6 heteroatoms. The molecule has 2 fully saturated rings. The zero-order valence-corrected chi connectivity index (χ0v) is 13.5. The SMILES string of the molecule is O=C(O)c1ccc(C(=O)N2CCC(OC3CCCC3)CC2)c(F)c1. The molecule has 0 spiro atoms. The average Bonchev–Trinajstić information content (AvgIpc) is 3.08. The molecule has 5 nitrogen and oxygen atoms in total. The Bertz CT molecular complexity index is 619. The van der Waals surface area contributed by atoms with Crippen molar-refractivity contribution in [1.29, 1.82) is 0 Å². The van der Waals surface area contributed by atoms with Crippen LogP contribution in [0.15, 0.2) is 18.2 Å². The lowest BCUT2D eigenvalue weighted by Crippen LogP contribution is -2.42. The minimum atomic E-state index is -1.21. The number of halogens is 1. The number of rotatable bonds is 4. The summed E-state index contributed by atoms with van der Waals surface area (Å²) in [6.45, 7) is 1.08. The van der Waals surface area contributed by atoms with Gasteiger partial charge in [-0.3, -0.25) is 4.79 Å². The van der Waals surface area contributed by atoms with Gasteiger partial charge in [0.05, 0.1) is 23.3 Å². The Morgan fingerprint density at radius 2 is 1.71 bits per heavy atom. The molecule has 2 aliphatic rings. The molecule has 1 heterocycles. The molecule has 1 N–H and O–H groups in total. The van der Waals surface area contributed by atoms with Crippen LogP contribution in [0.2, 0.25) is 0 Å². The highest BCUT2D eigenvalue weighted by atomic mass is 19.1. The molecule has 1 saturated carbocycles. The summed E-state index contributed by atoms with van der Waals surface area (Å²) in [4.78, 5) is 24.9. The standard InChI is InChI=1S/C18H22FNO4/c19-16-11-12(18(22)23)5-6-15(16)17(21)20-9-7-14(8-10-20)24-13-3-1-2-4-13/h5-6,11,13-14H,1-4,7-10H2,(H,22,23). The van der Waals surface area contributed by atoms with Crippen molar-refractivity contribution in [3.8, 4) is 0 Å².